The Morgan fingerprint density at radius 3 is 2.68 bits per heavy atom. The van der Waals surface area contributed by atoms with Crippen LogP contribution in [0.4, 0.5) is 0 Å². The van der Waals surface area contributed by atoms with E-state index in [0.29, 0.717) is 24.3 Å². The van der Waals surface area contributed by atoms with Gasteiger partial charge in [-0.3, -0.25) is 19.1 Å². The first-order valence-electron chi connectivity index (χ1n) is 8.75. The van der Waals surface area contributed by atoms with Crippen molar-refractivity contribution in [1.29, 1.82) is 0 Å². The molecule has 0 aliphatic carbocycles. The van der Waals surface area contributed by atoms with E-state index in [1.165, 1.54) is 0 Å². The minimum atomic E-state index is -0.111. The van der Waals surface area contributed by atoms with Gasteiger partial charge in [0.05, 0.1) is 16.8 Å². The molecule has 28 heavy (non-hydrogen) atoms. The quantitative estimate of drug-likeness (QED) is 0.469. The van der Waals surface area contributed by atoms with Crippen molar-refractivity contribution in [2.75, 3.05) is 6.61 Å². The molecular weight excluding hydrogens is 372 g/mol. The van der Waals surface area contributed by atoms with Gasteiger partial charge in [-0.2, -0.15) is 0 Å². The molecule has 0 aliphatic rings. The van der Waals surface area contributed by atoms with Gasteiger partial charge in [0, 0.05) is 23.5 Å². The van der Waals surface area contributed by atoms with E-state index in [1.54, 1.807) is 41.2 Å². The molecule has 2 heterocycles. The number of carbonyl (C=O) groups is 1. The summed E-state index contributed by atoms with van der Waals surface area (Å²) in [5.74, 6) is 0.629. The van der Waals surface area contributed by atoms with Gasteiger partial charge in [0.2, 0.25) is 0 Å². The van der Waals surface area contributed by atoms with Crippen molar-refractivity contribution < 1.29 is 9.53 Å². The van der Waals surface area contributed by atoms with E-state index in [0.717, 1.165) is 32.9 Å². The number of benzene rings is 2. The van der Waals surface area contributed by atoms with Crippen molar-refractivity contribution >= 4 is 27.3 Å². The molecular formula is C22H17N2O3S. The van der Waals surface area contributed by atoms with Crippen LogP contribution in [-0.4, -0.2) is 21.9 Å². The zero-order valence-electron chi connectivity index (χ0n) is 15.0. The third kappa shape index (κ3) is 3.73. The highest BCUT2D eigenvalue weighted by molar-refractivity contribution is 7.16. The summed E-state index contributed by atoms with van der Waals surface area (Å²) in [5.41, 5.74) is 2.78. The molecule has 0 spiro atoms. The molecule has 0 fully saturated rings. The van der Waals surface area contributed by atoms with E-state index >= 15 is 0 Å². The Labute approximate surface area is 165 Å². The van der Waals surface area contributed by atoms with Crippen molar-refractivity contribution in [3.8, 4) is 5.75 Å². The first kappa shape index (κ1) is 18.1. The summed E-state index contributed by atoms with van der Waals surface area (Å²) >= 11 is 1.13. The summed E-state index contributed by atoms with van der Waals surface area (Å²) in [5, 5.41) is 0. The molecule has 0 bridgehead atoms. The zero-order valence-corrected chi connectivity index (χ0v) is 15.8. The number of rotatable bonds is 6. The molecule has 6 heteroatoms. The molecule has 0 saturated heterocycles. The fraction of sp³-hybridized carbons (Fsp3) is 0.0909. The monoisotopic (exact) mass is 389 g/mol. The second kappa shape index (κ2) is 7.78. The largest absolute Gasteiger partial charge is 0.492 e. The molecule has 5 nitrogen and oxygen atoms in total. The highest BCUT2D eigenvalue weighted by Crippen LogP contribution is 2.21. The molecule has 4 aromatic rings. The summed E-state index contributed by atoms with van der Waals surface area (Å²) in [6.07, 6.45) is 3.17. The first-order chi connectivity index (χ1) is 13.6. The lowest BCUT2D eigenvalue weighted by molar-refractivity contribution is 0.103. The van der Waals surface area contributed by atoms with Crippen molar-refractivity contribution in [2.24, 2.45) is 0 Å². The summed E-state index contributed by atoms with van der Waals surface area (Å²) in [6.45, 7) is 4.65. The number of pyridine rings is 1. The number of nitrogens with zero attached hydrogens (tertiary/aromatic N) is 2. The third-order valence-electron chi connectivity index (χ3n) is 4.36. The van der Waals surface area contributed by atoms with Crippen LogP contribution < -0.4 is 9.61 Å². The number of fused-ring (bicyclic) bond motifs is 1. The molecule has 0 unspecified atom stereocenters. The van der Waals surface area contributed by atoms with E-state index in [9.17, 15) is 9.59 Å². The lowest BCUT2D eigenvalue weighted by atomic mass is 10.1. The van der Waals surface area contributed by atoms with Gasteiger partial charge in [0.25, 0.3) is 0 Å². The number of ketones is 1. The Morgan fingerprint density at radius 2 is 1.93 bits per heavy atom. The van der Waals surface area contributed by atoms with Crippen LogP contribution in [0.25, 0.3) is 10.2 Å². The second-order valence-electron chi connectivity index (χ2n) is 6.27. The number of thiazole rings is 1. The van der Waals surface area contributed by atoms with E-state index in [4.69, 9.17) is 4.74 Å². The number of hydrogen-bond donors (Lipinski definition) is 0. The van der Waals surface area contributed by atoms with Gasteiger partial charge in [0.1, 0.15) is 12.4 Å². The first-order valence-corrected chi connectivity index (χ1v) is 9.56. The molecule has 1 radical (unpaired) electrons. The number of ether oxygens (including phenoxy) is 1. The van der Waals surface area contributed by atoms with Gasteiger partial charge in [-0.25, -0.2) is 0 Å². The topological polar surface area (TPSA) is 61.2 Å². The normalized spacial score (nSPS) is 10.9. The molecule has 0 saturated carbocycles. The second-order valence-corrected chi connectivity index (χ2v) is 7.26. The summed E-state index contributed by atoms with van der Waals surface area (Å²) in [6, 6.07) is 16.2. The molecule has 2 aromatic carbocycles. The minimum Gasteiger partial charge on any atom is -0.492 e. The Bertz CT molecular complexity index is 1180. The average molecular weight is 389 g/mol. The van der Waals surface area contributed by atoms with Crippen LogP contribution in [0.15, 0.2) is 71.8 Å². The Morgan fingerprint density at radius 1 is 1.11 bits per heavy atom. The lowest BCUT2D eigenvalue weighted by Gasteiger charge is -2.08. The summed E-state index contributed by atoms with van der Waals surface area (Å²) in [4.78, 5) is 28.9. The summed E-state index contributed by atoms with van der Waals surface area (Å²) in [7, 11) is 0. The average Bonchev–Trinajstić information content (AvgIpc) is 3.04. The maximum absolute atomic E-state index is 12.6. The fourth-order valence-corrected chi connectivity index (χ4v) is 3.88. The van der Waals surface area contributed by atoms with Gasteiger partial charge < -0.3 is 4.74 Å². The number of carbonyl (C=O) groups excluding carboxylic acids is 1. The van der Waals surface area contributed by atoms with Gasteiger partial charge >= 0.3 is 4.87 Å². The predicted molar refractivity (Wildman–Crippen MR) is 110 cm³/mol. The van der Waals surface area contributed by atoms with Crippen LogP contribution >= 0.6 is 11.3 Å². The Kier molecular flexibility index (Phi) is 5.04. The van der Waals surface area contributed by atoms with Gasteiger partial charge in [-0.1, -0.05) is 23.5 Å². The molecule has 0 N–H and O–H groups in total. The predicted octanol–water partition coefficient (Wildman–Crippen LogP) is 3.95. The highest BCUT2D eigenvalue weighted by Gasteiger charge is 2.13. The smallest absolute Gasteiger partial charge is 0.308 e. The van der Waals surface area contributed by atoms with E-state index in [2.05, 4.69) is 11.9 Å². The SMILES string of the molecule is [CH2]c1ccc(OCCn2c(=O)sc3cc(C(=O)c4cccnc4)ccc32)cc1. The molecule has 139 valence electrons. The van der Waals surface area contributed by atoms with Crippen LogP contribution in [-0.2, 0) is 6.54 Å². The van der Waals surface area contributed by atoms with E-state index in [-0.39, 0.29) is 10.7 Å². The van der Waals surface area contributed by atoms with Crippen molar-refractivity contribution in [3.63, 3.8) is 0 Å². The Hall–Kier alpha value is -3.25. The van der Waals surface area contributed by atoms with Crippen LogP contribution in [0.3, 0.4) is 0 Å². The fourth-order valence-electron chi connectivity index (χ4n) is 2.92. The lowest BCUT2D eigenvalue weighted by Crippen LogP contribution is -2.17. The molecule has 0 amide bonds. The van der Waals surface area contributed by atoms with Crippen LogP contribution in [0.5, 0.6) is 5.75 Å². The van der Waals surface area contributed by atoms with Gasteiger partial charge in [-0.05, 0) is 55.0 Å². The maximum atomic E-state index is 12.6. The van der Waals surface area contributed by atoms with Gasteiger partial charge in [0.15, 0.2) is 5.78 Å². The summed E-state index contributed by atoms with van der Waals surface area (Å²) < 4.78 is 8.17. The van der Waals surface area contributed by atoms with Crippen molar-refractivity contribution in [2.45, 2.75) is 6.54 Å². The number of hydrogen-bond acceptors (Lipinski definition) is 5. The van der Waals surface area contributed by atoms with E-state index in [1.807, 2.05) is 30.3 Å². The molecule has 4 rings (SSSR count). The highest BCUT2D eigenvalue weighted by atomic mass is 32.1. The maximum Gasteiger partial charge on any atom is 0.308 e. The number of aromatic nitrogens is 2. The van der Waals surface area contributed by atoms with E-state index < -0.39 is 0 Å². The van der Waals surface area contributed by atoms with Crippen molar-refractivity contribution in [3.05, 3.63) is 100 Å². The molecule has 0 aliphatic heterocycles. The van der Waals surface area contributed by atoms with Crippen LogP contribution in [0.1, 0.15) is 21.5 Å². The van der Waals surface area contributed by atoms with Gasteiger partial charge in [-0.15, -0.1) is 0 Å². The molecule has 2 aromatic heterocycles. The van der Waals surface area contributed by atoms with Crippen molar-refractivity contribution in [1.82, 2.24) is 9.55 Å². The third-order valence-corrected chi connectivity index (χ3v) is 5.30. The standard InChI is InChI=1S/C22H17N2O3S/c1-15-4-7-18(8-5-15)27-12-11-24-19-9-6-16(13-20(19)28-22(24)26)21(25)17-3-2-10-23-14-17/h2-10,13-14H,1,11-12H2. The zero-order chi connectivity index (χ0) is 19.5. The Balaban J connectivity index is 1.53. The minimum absolute atomic E-state index is 0.0716. The van der Waals surface area contributed by atoms with Crippen LogP contribution in [0.2, 0.25) is 0 Å². The molecule has 0 atom stereocenters. The van der Waals surface area contributed by atoms with Crippen LogP contribution in [0, 0.1) is 6.92 Å².